The summed E-state index contributed by atoms with van der Waals surface area (Å²) in [4.78, 5) is 12.1. The number of fused-ring (bicyclic) bond motifs is 1. The number of carbonyl (C=O) groups is 1. The number of rotatable bonds is 8. The third kappa shape index (κ3) is 4.41. The van der Waals surface area contributed by atoms with Crippen LogP contribution >= 0.6 is 11.3 Å². The zero-order chi connectivity index (χ0) is 21.0. The van der Waals surface area contributed by atoms with E-state index in [-0.39, 0.29) is 17.2 Å². The molecular weight excluding hydrogens is 414 g/mol. The summed E-state index contributed by atoms with van der Waals surface area (Å²) in [6, 6.07) is 6.30. The van der Waals surface area contributed by atoms with Crippen molar-refractivity contribution in [1.29, 1.82) is 0 Å². The highest BCUT2D eigenvalue weighted by molar-refractivity contribution is 7.91. The van der Waals surface area contributed by atoms with Crippen LogP contribution in [0.3, 0.4) is 0 Å². The van der Waals surface area contributed by atoms with Gasteiger partial charge in [0.2, 0.25) is 0 Å². The van der Waals surface area contributed by atoms with Gasteiger partial charge in [0.25, 0.3) is 10.0 Å². The average molecular weight is 440 g/mol. The minimum atomic E-state index is -3.74. The Hall–Kier alpha value is -2.10. The molecule has 2 aromatic rings. The maximum atomic E-state index is 13.2. The SMILES string of the molecule is CCOc1cc2c(cc1OCC)C(CC(=O)OC)N(S(=O)(=O)c1cccs1)CC2. The van der Waals surface area contributed by atoms with Crippen molar-refractivity contribution in [2.45, 2.75) is 36.9 Å². The standard InChI is InChI=1S/C20H25NO6S2/c1-4-26-17-11-14-8-9-21(29(23,24)20-7-6-10-28-20)16(13-19(22)25-3)15(14)12-18(17)27-5-2/h6-7,10-12,16H,4-5,8-9,13H2,1-3H3. The first-order valence-corrected chi connectivity index (χ1v) is 11.8. The predicted molar refractivity (Wildman–Crippen MR) is 110 cm³/mol. The molecule has 0 saturated heterocycles. The monoisotopic (exact) mass is 439 g/mol. The van der Waals surface area contributed by atoms with Crippen molar-refractivity contribution in [1.82, 2.24) is 4.31 Å². The van der Waals surface area contributed by atoms with E-state index in [4.69, 9.17) is 14.2 Å². The van der Waals surface area contributed by atoms with Gasteiger partial charge in [-0.2, -0.15) is 4.31 Å². The summed E-state index contributed by atoms with van der Waals surface area (Å²) in [5.74, 6) is 0.693. The lowest BCUT2D eigenvalue weighted by atomic mass is 9.91. The molecule has 2 heterocycles. The van der Waals surface area contributed by atoms with Gasteiger partial charge in [0.05, 0.1) is 32.8 Å². The molecule has 0 bridgehead atoms. The van der Waals surface area contributed by atoms with Gasteiger partial charge < -0.3 is 14.2 Å². The number of benzene rings is 1. The fourth-order valence-electron chi connectivity index (χ4n) is 3.49. The minimum Gasteiger partial charge on any atom is -0.490 e. The number of methoxy groups -OCH3 is 1. The van der Waals surface area contributed by atoms with Crippen molar-refractivity contribution < 1.29 is 27.4 Å². The normalized spacial score (nSPS) is 16.9. The quantitative estimate of drug-likeness (QED) is 0.587. The van der Waals surface area contributed by atoms with Crippen LogP contribution in [0.15, 0.2) is 33.9 Å². The van der Waals surface area contributed by atoms with Crippen molar-refractivity contribution >= 4 is 27.3 Å². The number of hydrogen-bond acceptors (Lipinski definition) is 7. The molecule has 1 aliphatic heterocycles. The Morgan fingerprint density at radius 2 is 1.90 bits per heavy atom. The Kier molecular flexibility index (Phi) is 6.81. The van der Waals surface area contributed by atoms with E-state index in [9.17, 15) is 13.2 Å². The number of esters is 1. The molecule has 1 aromatic heterocycles. The lowest BCUT2D eigenvalue weighted by Crippen LogP contribution is -2.40. The van der Waals surface area contributed by atoms with Gasteiger partial charge >= 0.3 is 5.97 Å². The van der Waals surface area contributed by atoms with Gasteiger partial charge in [-0.25, -0.2) is 8.42 Å². The molecule has 158 valence electrons. The van der Waals surface area contributed by atoms with E-state index in [1.54, 1.807) is 23.6 Å². The molecule has 0 saturated carbocycles. The fraction of sp³-hybridized carbons (Fsp3) is 0.450. The van der Waals surface area contributed by atoms with Gasteiger partial charge in [0.1, 0.15) is 4.21 Å². The van der Waals surface area contributed by atoms with E-state index in [1.165, 1.54) is 11.4 Å². The third-order valence-corrected chi connectivity index (χ3v) is 8.04. The number of thiophene rings is 1. The molecule has 0 fully saturated rings. The molecule has 7 nitrogen and oxygen atoms in total. The molecule has 0 spiro atoms. The number of sulfonamides is 1. The second kappa shape index (κ2) is 9.15. The molecule has 0 amide bonds. The highest BCUT2D eigenvalue weighted by atomic mass is 32.2. The zero-order valence-corrected chi connectivity index (χ0v) is 18.3. The van der Waals surface area contributed by atoms with Crippen molar-refractivity contribution in [2.75, 3.05) is 26.9 Å². The van der Waals surface area contributed by atoms with Gasteiger partial charge in [-0.3, -0.25) is 4.79 Å². The molecule has 0 aliphatic carbocycles. The number of carbonyl (C=O) groups excluding carboxylic acids is 1. The maximum absolute atomic E-state index is 13.2. The fourth-order valence-corrected chi connectivity index (χ4v) is 6.21. The lowest BCUT2D eigenvalue weighted by molar-refractivity contribution is -0.141. The van der Waals surface area contributed by atoms with Crippen LogP contribution in [0.2, 0.25) is 0 Å². The van der Waals surface area contributed by atoms with Crippen LogP contribution in [0, 0.1) is 0 Å². The molecule has 29 heavy (non-hydrogen) atoms. The first kappa shape index (κ1) is 21.6. The predicted octanol–water partition coefficient (Wildman–Crippen LogP) is 3.40. The maximum Gasteiger partial charge on any atom is 0.307 e. The highest BCUT2D eigenvalue weighted by Gasteiger charge is 2.39. The Bertz CT molecular complexity index is 956. The Morgan fingerprint density at radius 1 is 1.21 bits per heavy atom. The van der Waals surface area contributed by atoms with Crippen molar-refractivity contribution in [3.63, 3.8) is 0 Å². The zero-order valence-electron chi connectivity index (χ0n) is 16.7. The number of ether oxygens (including phenoxy) is 3. The van der Waals surface area contributed by atoms with E-state index in [2.05, 4.69) is 0 Å². The van der Waals surface area contributed by atoms with Crippen LogP contribution in [0.1, 0.15) is 37.4 Å². The molecular formula is C20H25NO6S2. The molecule has 3 rings (SSSR count). The van der Waals surface area contributed by atoms with Gasteiger partial charge in [-0.15, -0.1) is 11.3 Å². The van der Waals surface area contributed by atoms with E-state index >= 15 is 0 Å². The molecule has 1 aromatic carbocycles. The van der Waals surface area contributed by atoms with Gasteiger partial charge in [-0.1, -0.05) is 6.07 Å². The molecule has 9 heteroatoms. The molecule has 1 atom stereocenters. The number of nitrogens with zero attached hydrogens (tertiary/aromatic N) is 1. The minimum absolute atomic E-state index is 0.0757. The van der Waals surface area contributed by atoms with Gasteiger partial charge in [0.15, 0.2) is 11.5 Å². The van der Waals surface area contributed by atoms with E-state index in [0.29, 0.717) is 31.1 Å². The topological polar surface area (TPSA) is 82.1 Å². The summed E-state index contributed by atoms with van der Waals surface area (Å²) in [7, 11) is -2.44. The highest BCUT2D eigenvalue weighted by Crippen LogP contribution is 2.42. The molecule has 0 radical (unpaired) electrons. The summed E-state index contributed by atoms with van der Waals surface area (Å²) >= 11 is 1.16. The second-order valence-electron chi connectivity index (χ2n) is 6.46. The molecule has 1 aliphatic rings. The smallest absolute Gasteiger partial charge is 0.307 e. The summed E-state index contributed by atoms with van der Waals surface area (Å²) in [6.07, 6.45) is 0.442. The van der Waals surface area contributed by atoms with Crippen LogP contribution < -0.4 is 9.47 Å². The summed E-state index contributed by atoms with van der Waals surface area (Å²) in [5.41, 5.74) is 1.69. The second-order valence-corrected chi connectivity index (χ2v) is 9.52. The largest absolute Gasteiger partial charge is 0.490 e. The number of hydrogen-bond donors (Lipinski definition) is 0. The third-order valence-electron chi connectivity index (χ3n) is 4.76. The first-order valence-electron chi connectivity index (χ1n) is 9.46. The molecule has 1 unspecified atom stereocenters. The Morgan fingerprint density at radius 3 is 2.48 bits per heavy atom. The van der Waals surface area contributed by atoms with Crippen LogP contribution in [-0.4, -0.2) is 45.6 Å². The van der Waals surface area contributed by atoms with Gasteiger partial charge in [-0.05, 0) is 55.0 Å². The van der Waals surface area contributed by atoms with Gasteiger partial charge in [0, 0.05) is 6.54 Å². The summed E-state index contributed by atoms with van der Waals surface area (Å²) < 4.78 is 44.4. The summed E-state index contributed by atoms with van der Waals surface area (Å²) in [6.45, 7) is 4.97. The molecule has 0 N–H and O–H groups in total. The van der Waals surface area contributed by atoms with Crippen molar-refractivity contribution in [2.24, 2.45) is 0 Å². The average Bonchev–Trinajstić information content (AvgIpc) is 3.24. The Balaban J connectivity index is 2.10. The Labute approximate surface area is 175 Å². The van der Waals surface area contributed by atoms with Crippen LogP contribution in [-0.2, 0) is 26.0 Å². The van der Waals surface area contributed by atoms with E-state index < -0.39 is 22.0 Å². The summed E-state index contributed by atoms with van der Waals surface area (Å²) in [5, 5.41) is 1.72. The van der Waals surface area contributed by atoms with E-state index in [1.807, 2.05) is 19.9 Å². The van der Waals surface area contributed by atoms with Crippen LogP contribution in [0.4, 0.5) is 0 Å². The van der Waals surface area contributed by atoms with Crippen LogP contribution in [0.25, 0.3) is 0 Å². The van der Waals surface area contributed by atoms with E-state index in [0.717, 1.165) is 22.5 Å². The van der Waals surface area contributed by atoms with Crippen molar-refractivity contribution in [3.05, 3.63) is 40.8 Å². The lowest BCUT2D eigenvalue weighted by Gasteiger charge is -2.36. The van der Waals surface area contributed by atoms with Crippen molar-refractivity contribution in [3.8, 4) is 11.5 Å². The first-order chi connectivity index (χ1) is 13.9. The van der Waals surface area contributed by atoms with Crippen LogP contribution in [0.5, 0.6) is 11.5 Å².